The maximum absolute atomic E-state index is 9.59. The Morgan fingerprint density at radius 1 is 1.24 bits per heavy atom. The third-order valence-corrected chi connectivity index (χ3v) is 5.38. The molecule has 1 aromatic rings. The van der Waals surface area contributed by atoms with Crippen LogP contribution in [0.15, 0.2) is 29.2 Å². The van der Waals surface area contributed by atoms with Crippen LogP contribution in [-0.2, 0) is 0 Å². The first-order valence-electron chi connectivity index (χ1n) is 5.33. The molecule has 0 aromatic heterocycles. The van der Waals surface area contributed by atoms with E-state index in [4.69, 9.17) is 5.26 Å². The van der Waals surface area contributed by atoms with Crippen LogP contribution in [0.2, 0.25) is 0 Å². The molecule has 2 N–H and O–H groups in total. The molecule has 1 aliphatic rings. The summed E-state index contributed by atoms with van der Waals surface area (Å²) in [5.74, 6) is 0.578. The van der Waals surface area contributed by atoms with E-state index in [0.29, 0.717) is 17.7 Å². The average Bonchev–Trinajstić information content (AvgIpc) is 2.35. The molecule has 0 bridgehead atoms. The van der Waals surface area contributed by atoms with Crippen LogP contribution in [0.3, 0.4) is 0 Å². The van der Waals surface area contributed by atoms with Gasteiger partial charge in [-0.3, -0.25) is 0 Å². The van der Waals surface area contributed by atoms with Crippen LogP contribution in [0.1, 0.15) is 12.0 Å². The van der Waals surface area contributed by atoms with Crippen molar-refractivity contribution in [1.82, 2.24) is 0 Å². The molecule has 1 aromatic carbocycles. The molecule has 17 heavy (non-hydrogen) atoms. The van der Waals surface area contributed by atoms with Gasteiger partial charge in [-0.05, 0) is 30.7 Å². The molecule has 0 aliphatic carbocycles. The van der Waals surface area contributed by atoms with E-state index < -0.39 is 12.2 Å². The summed E-state index contributed by atoms with van der Waals surface area (Å²) in [6.07, 6.45) is -0.624. The highest BCUT2D eigenvalue weighted by molar-refractivity contribution is 8.17. The highest BCUT2D eigenvalue weighted by Gasteiger charge is 2.28. The van der Waals surface area contributed by atoms with Crippen LogP contribution in [-0.4, -0.2) is 32.8 Å². The third-order valence-electron chi connectivity index (χ3n) is 2.58. The van der Waals surface area contributed by atoms with Crippen molar-refractivity contribution >= 4 is 23.5 Å². The summed E-state index contributed by atoms with van der Waals surface area (Å²) in [5.41, 5.74) is 0.654. The smallest absolute Gasteiger partial charge is 0.0991 e. The van der Waals surface area contributed by atoms with E-state index in [1.54, 1.807) is 35.7 Å². The number of aliphatic hydroxyl groups excluding tert-OH is 2. The van der Waals surface area contributed by atoms with Gasteiger partial charge in [0.05, 0.1) is 28.4 Å². The number of thioether (sulfide) groups is 2. The second-order valence-corrected chi connectivity index (χ2v) is 6.70. The van der Waals surface area contributed by atoms with E-state index in [1.165, 1.54) is 0 Å². The first-order chi connectivity index (χ1) is 8.19. The minimum atomic E-state index is -0.618. The molecular formula is C12H13NO2S2. The lowest BCUT2D eigenvalue weighted by Crippen LogP contribution is -2.35. The maximum atomic E-state index is 9.59. The number of rotatable bonds is 2. The van der Waals surface area contributed by atoms with E-state index in [0.717, 1.165) is 4.90 Å². The van der Waals surface area contributed by atoms with Gasteiger partial charge in [0, 0.05) is 10.6 Å². The highest BCUT2D eigenvalue weighted by Crippen LogP contribution is 2.38. The highest BCUT2D eigenvalue weighted by atomic mass is 32.2. The van der Waals surface area contributed by atoms with Gasteiger partial charge >= 0.3 is 0 Å². The fraction of sp³-hybridized carbons (Fsp3) is 0.417. The SMILES string of the molecule is N#Cc1ccc(S[C@H]2C[C@H](O)[C@H](O)CS2)cc1. The van der Waals surface area contributed by atoms with Gasteiger partial charge in [-0.15, -0.1) is 23.5 Å². The summed E-state index contributed by atoms with van der Waals surface area (Å²) in [6.45, 7) is 0. The van der Waals surface area contributed by atoms with Crippen LogP contribution < -0.4 is 0 Å². The first kappa shape index (κ1) is 12.8. The number of nitriles is 1. The summed E-state index contributed by atoms with van der Waals surface area (Å²) < 4.78 is 0.265. The second-order valence-electron chi connectivity index (χ2n) is 3.89. The first-order valence-corrected chi connectivity index (χ1v) is 7.26. The number of benzene rings is 1. The standard InChI is InChI=1S/C12H13NO2S2/c13-6-8-1-3-9(4-2-8)17-12-5-10(14)11(15)7-16-12/h1-4,10-12,14-15H,5,7H2/t10-,11+,12-/m0/s1. The van der Waals surface area contributed by atoms with Crippen LogP contribution >= 0.6 is 23.5 Å². The van der Waals surface area contributed by atoms with Crippen molar-refractivity contribution in [2.45, 2.75) is 28.1 Å². The van der Waals surface area contributed by atoms with Gasteiger partial charge in [-0.2, -0.15) is 5.26 Å². The monoisotopic (exact) mass is 267 g/mol. The molecule has 1 saturated heterocycles. The minimum Gasteiger partial charge on any atom is -0.390 e. The number of hydrogen-bond donors (Lipinski definition) is 2. The van der Waals surface area contributed by atoms with Crippen LogP contribution in [0.4, 0.5) is 0 Å². The number of aliphatic hydroxyl groups is 2. The summed E-state index contributed by atoms with van der Waals surface area (Å²) in [4.78, 5) is 1.09. The molecule has 0 spiro atoms. The van der Waals surface area contributed by atoms with Crippen molar-refractivity contribution in [3.8, 4) is 6.07 Å². The Balaban J connectivity index is 1.94. The molecule has 1 fully saturated rings. The Labute approximate surface area is 109 Å². The van der Waals surface area contributed by atoms with Gasteiger partial charge in [0.25, 0.3) is 0 Å². The molecule has 2 rings (SSSR count). The van der Waals surface area contributed by atoms with Gasteiger partial charge < -0.3 is 10.2 Å². The second kappa shape index (κ2) is 5.78. The fourth-order valence-electron chi connectivity index (χ4n) is 1.58. The molecule has 5 heteroatoms. The lowest BCUT2D eigenvalue weighted by atomic mass is 10.2. The van der Waals surface area contributed by atoms with Crippen molar-refractivity contribution in [2.75, 3.05) is 5.75 Å². The molecule has 0 radical (unpaired) electrons. The average molecular weight is 267 g/mol. The Kier molecular flexibility index (Phi) is 4.35. The normalized spacial score (nSPS) is 28.6. The predicted molar refractivity (Wildman–Crippen MR) is 69.9 cm³/mol. The van der Waals surface area contributed by atoms with Crippen LogP contribution in [0.5, 0.6) is 0 Å². The zero-order chi connectivity index (χ0) is 12.3. The zero-order valence-electron chi connectivity index (χ0n) is 9.11. The number of hydrogen-bond acceptors (Lipinski definition) is 5. The fourth-order valence-corrected chi connectivity index (χ4v) is 4.28. The van der Waals surface area contributed by atoms with E-state index in [-0.39, 0.29) is 4.58 Å². The van der Waals surface area contributed by atoms with Gasteiger partial charge in [0.1, 0.15) is 0 Å². The summed E-state index contributed by atoms with van der Waals surface area (Å²) >= 11 is 3.34. The molecule has 3 nitrogen and oxygen atoms in total. The van der Waals surface area contributed by atoms with Crippen molar-refractivity contribution < 1.29 is 10.2 Å². The maximum Gasteiger partial charge on any atom is 0.0991 e. The summed E-state index contributed by atoms with van der Waals surface area (Å²) in [7, 11) is 0. The van der Waals surface area contributed by atoms with Crippen LogP contribution in [0, 0.1) is 11.3 Å². The summed E-state index contributed by atoms with van der Waals surface area (Å²) in [5, 5.41) is 27.7. The lowest BCUT2D eigenvalue weighted by molar-refractivity contribution is 0.0283. The van der Waals surface area contributed by atoms with Crippen molar-refractivity contribution in [1.29, 1.82) is 5.26 Å². The van der Waals surface area contributed by atoms with Gasteiger partial charge in [-0.1, -0.05) is 0 Å². The minimum absolute atomic E-state index is 0.265. The molecule has 1 heterocycles. The Morgan fingerprint density at radius 2 is 1.94 bits per heavy atom. The molecule has 0 saturated carbocycles. The van der Waals surface area contributed by atoms with Gasteiger partial charge in [-0.25, -0.2) is 0 Å². The number of nitrogens with zero attached hydrogens (tertiary/aromatic N) is 1. The van der Waals surface area contributed by atoms with Crippen molar-refractivity contribution in [2.24, 2.45) is 0 Å². The molecule has 1 aliphatic heterocycles. The van der Waals surface area contributed by atoms with E-state index in [2.05, 4.69) is 6.07 Å². The van der Waals surface area contributed by atoms with E-state index >= 15 is 0 Å². The third kappa shape index (κ3) is 3.39. The quantitative estimate of drug-likeness (QED) is 0.856. The van der Waals surface area contributed by atoms with Crippen molar-refractivity contribution in [3.63, 3.8) is 0 Å². The van der Waals surface area contributed by atoms with Gasteiger partial charge in [0.2, 0.25) is 0 Å². The van der Waals surface area contributed by atoms with Crippen molar-refractivity contribution in [3.05, 3.63) is 29.8 Å². The Morgan fingerprint density at radius 3 is 2.53 bits per heavy atom. The molecular weight excluding hydrogens is 254 g/mol. The zero-order valence-corrected chi connectivity index (χ0v) is 10.7. The molecule has 90 valence electrons. The Bertz CT molecular complexity index is 416. The molecule has 0 unspecified atom stereocenters. The van der Waals surface area contributed by atoms with Crippen LogP contribution in [0.25, 0.3) is 0 Å². The van der Waals surface area contributed by atoms with Gasteiger partial charge in [0.15, 0.2) is 0 Å². The van der Waals surface area contributed by atoms with E-state index in [9.17, 15) is 10.2 Å². The molecule has 3 atom stereocenters. The predicted octanol–water partition coefficient (Wildman–Crippen LogP) is 1.84. The summed E-state index contributed by atoms with van der Waals surface area (Å²) in [6, 6.07) is 9.50. The lowest BCUT2D eigenvalue weighted by Gasteiger charge is -2.29. The topological polar surface area (TPSA) is 64.2 Å². The van der Waals surface area contributed by atoms with E-state index in [1.807, 2.05) is 12.1 Å². The molecule has 0 amide bonds. The largest absolute Gasteiger partial charge is 0.390 e. The Hall–Kier alpha value is -0.670.